The first-order valence-electron chi connectivity index (χ1n) is 10.6. The average Bonchev–Trinajstić information content (AvgIpc) is 3.12. The number of aromatic nitrogens is 2. The predicted molar refractivity (Wildman–Crippen MR) is 108 cm³/mol. The summed E-state index contributed by atoms with van der Waals surface area (Å²) in [7, 11) is 0. The largest absolute Gasteiger partial charge is 0.459 e. The quantitative estimate of drug-likeness (QED) is 0.666. The van der Waals surface area contributed by atoms with E-state index in [-0.39, 0.29) is 18.4 Å². The van der Waals surface area contributed by atoms with Gasteiger partial charge >= 0.3 is 5.97 Å². The number of piperidine rings is 1. The smallest absolute Gasteiger partial charge is 0.326 e. The molecule has 0 N–H and O–H groups in total. The summed E-state index contributed by atoms with van der Waals surface area (Å²) in [6.45, 7) is 10.9. The zero-order valence-corrected chi connectivity index (χ0v) is 17.9. The molecule has 3 rings (SSSR count). The van der Waals surface area contributed by atoms with Crippen molar-refractivity contribution < 1.29 is 19.1 Å². The van der Waals surface area contributed by atoms with Crippen molar-refractivity contribution in [3.8, 4) is 0 Å². The molecule has 2 aliphatic heterocycles. The Labute approximate surface area is 173 Å². The Bertz CT molecular complexity index is 683. The Morgan fingerprint density at radius 1 is 1.17 bits per heavy atom. The summed E-state index contributed by atoms with van der Waals surface area (Å²) < 4.78 is 12.6. The van der Waals surface area contributed by atoms with Crippen molar-refractivity contribution in [3.05, 3.63) is 18.2 Å². The Morgan fingerprint density at radius 2 is 1.86 bits per heavy atom. The van der Waals surface area contributed by atoms with Gasteiger partial charge in [-0.05, 0) is 33.6 Å². The van der Waals surface area contributed by atoms with Crippen molar-refractivity contribution in [2.75, 3.05) is 39.4 Å². The van der Waals surface area contributed by atoms with Gasteiger partial charge in [-0.2, -0.15) is 0 Å². The van der Waals surface area contributed by atoms with E-state index in [1.165, 1.54) is 0 Å². The third-order valence-electron chi connectivity index (χ3n) is 5.46. The highest BCUT2D eigenvalue weighted by molar-refractivity contribution is 5.76. The highest BCUT2D eigenvalue weighted by Crippen LogP contribution is 2.19. The van der Waals surface area contributed by atoms with Crippen molar-refractivity contribution >= 4 is 11.9 Å². The molecule has 0 saturated carbocycles. The van der Waals surface area contributed by atoms with Gasteiger partial charge in [0.05, 0.1) is 13.2 Å². The van der Waals surface area contributed by atoms with Gasteiger partial charge in [-0.25, -0.2) is 4.98 Å². The molecule has 0 radical (unpaired) electrons. The number of amides is 1. The van der Waals surface area contributed by atoms with Gasteiger partial charge in [0.15, 0.2) is 0 Å². The van der Waals surface area contributed by atoms with Crippen LogP contribution in [0.3, 0.4) is 0 Å². The van der Waals surface area contributed by atoms with E-state index in [4.69, 9.17) is 9.47 Å². The lowest BCUT2D eigenvalue weighted by atomic mass is 10.0. The molecule has 0 spiro atoms. The zero-order chi connectivity index (χ0) is 20.9. The van der Waals surface area contributed by atoms with E-state index < -0.39 is 5.60 Å². The van der Waals surface area contributed by atoms with Gasteiger partial charge in [-0.3, -0.25) is 14.5 Å². The molecule has 0 atom stereocenters. The van der Waals surface area contributed by atoms with Crippen LogP contribution < -0.4 is 0 Å². The highest BCUT2D eigenvalue weighted by atomic mass is 16.6. The summed E-state index contributed by atoms with van der Waals surface area (Å²) in [5, 5.41) is 0. The average molecular weight is 407 g/mol. The van der Waals surface area contributed by atoms with Gasteiger partial charge in [-0.15, -0.1) is 0 Å². The van der Waals surface area contributed by atoms with E-state index in [0.29, 0.717) is 18.9 Å². The van der Waals surface area contributed by atoms with Gasteiger partial charge in [0.25, 0.3) is 0 Å². The number of morpholine rings is 1. The third kappa shape index (κ3) is 6.54. The number of hydrogen-bond acceptors (Lipinski definition) is 6. The van der Waals surface area contributed by atoms with Crippen LogP contribution in [0.1, 0.15) is 45.9 Å². The van der Waals surface area contributed by atoms with Crippen LogP contribution in [0.5, 0.6) is 0 Å². The van der Waals surface area contributed by atoms with Crippen LogP contribution in [0.2, 0.25) is 0 Å². The minimum absolute atomic E-state index is 0.117. The van der Waals surface area contributed by atoms with E-state index in [2.05, 4.69) is 9.88 Å². The summed E-state index contributed by atoms with van der Waals surface area (Å²) in [4.78, 5) is 33.5. The molecule has 2 saturated heterocycles. The lowest BCUT2D eigenvalue weighted by molar-refractivity contribution is -0.155. The van der Waals surface area contributed by atoms with E-state index >= 15 is 0 Å². The van der Waals surface area contributed by atoms with E-state index in [0.717, 1.165) is 58.1 Å². The first-order chi connectivity index (χ1) is 13.8. The molecule has 8 nitrogen and oxygen atoms in total. The summed E-state index contributed by atoms with van der Waals surface area (Å²) in [5.74, 6) is 0.609. The maximum absolute atomic E-state index is 12.7. The molecule has 2 aliphatic rings. The summed E-state index contributed by atoms with van der Waals surface area (Å²) >= 11 is 0. The number of imidazole rings is 1. The monoisotopic (exact) mass is 406 g/mol. The molecule has 0 bridgehead atoms. The number of rotatable bonds is 6. The molecule has 162 valence electrons. The molecule has 0 unspecified atom stereocenters. The number of nitrogens with zero attached hydrogens (tertiary/aromatic N) is 4. The fourth-order valence-corrected chi connectivity index (χ4v) is 4.02. The standard InChI is InChI=1S/C21H34N4O4/c1-21(2,3)29-20(27)16-25-11-8-22-18(25)4-5-19(26)24-9-6-17(7-10-24)23-12-14-28-15-13-23/h8,11,17H,4-7,9-10,12-16H2,1-3H3. The number of aryl methyl sites for hydroxylation is 1. The molecular formula is C21H34N4O4. The van der Waals surface area contributed by atoms with Crippen LogP contribution in [0.25, 0.3) is 0 Å². The number of hydrogen-bond donors (Lipinski definition) is 0. The minimum atomic E-state index is -0.513. The molecule has 1 aromatic rings. The van der Waals surface area contributed by atoms with Gasteiger partial charge in [0, 0.05) is 57.5 Å². The molecule has 1 amide bonds. The fraction of sp³-hybridized carbons (Fsp3) is 0.762. The Hall–Kier alpha value is -1.93. The molecule has 29 heavy (non-hydrogen) atoms. The molecule has 0 aromatic carbocycles. The van der Waals surface area contributed by atoms with Gasteiger partial charge in [0.1, 0.15) is 18.0 Å². The Balaban J connectivity index is 1.43. The second-order valence-corrected chi connectivity index (χ2v) is 8.82. The maximum Gasteiger partial charge on any atom is 0.326 e. The van der Waals surface area contributed by atoms with Crippen molar-refractivity contribution in [2.24, 2.45) is 0 Å². The van der Waals surface area contributed by atoms with Crippen molar-refractivity contribution in [2.45, 2.75) is 64.6 Å². The van der Waals surface area contributed by atoms with Crippen LogP contribution >= 0.6 is 0 Å². The van der Waals surface area contributed by atoms with Crippen LogP contribution in [0.15, 0.2) is 12.4 Å². The lowest BCUT2D eigenvalue weighted by Crippen LogP contribution is -2.50. The molecule has 0 aliphatic carbocycles. The highest BCUT2D eigenvalue weighted by Gasteiger charge is 2.27. The third-order valence-corrected chi connectivity index (χ3v) is 5.46. The predicted octanol–water partition coefficient (Wildman–Crippen LogP) is 1.48. The van der Waals surface area contributed by atoms with Crippen molar-refractivity contribution in [3.63, 3.8) is 0 Å². The number of carbonyl (C=O) groups is 2. The maximum atomic E-state index is 12.7. The normalized spacial score (nSPS) is 19.3. The first kappa shape index (κ1) is 21.8. The Kier molecular flexibility index (Phi) is 7.29. The minimum Gasteiger partial charge on any atom is -0.459 e. The van der Waals surface area contributed by atoms with Crippen LogP contribution in [-0.2, 0) is 32.0 Å². The van der Waals surface area contributed by atoms with Crippen molar-refractivity contribution in [1.29, 1.82) is 0 Å². The van der Waals surface area contributed by atoms with Crippen molar-refractivity contribution in [1.82, 2.24) is 19.4 Å². The first-order valence-corrected chi connectivity index (χ1v) is 10.6. The van der Waals surface area contributed by atoms with Gasteiger partial charge < -0.3 is 18.9 Å². The van der Waals surface area contributed by atoms with E-state index in [9.17, 15) is 9.59 Å². The topological polar surface area (TPSA) is 76.9 Å². The number of carbonyl (C=O) groups excluding carboxylic acids is 2. The number of esters is 1. The van der Waals surface area contributed by atoms with E-state index in [1.807, 2.05) is 25.7 Å². The van der Waals surface area contributed by atoms with Gasteiger partial charge in [0.2, 0.25) is 5.91 Å². The number of likely N-dealkylation sites (tertiary alicyclic amines) is 1. The fourth-order valence-electron chi connectivity index (χ4n) is 4.02. The Morgan fingerprint density at radius 3 is 2.52 bits per heavy atom. The summed E-state index contributed by atoms with van der Waals surface area (Å²) in [6, 6.07) is 0.565. The lowest BCUT2D eigenvalue weighted by Gasteiger charge is -2.40. The number of ether oxygens (including phenoxy) is 2. The van der Waals surface area contributed by atoms with Crippen LogP contribution in [0, 0.1) is 0 Å². The van der Waals surface area contributed by atoms with Crippen LogP contribution in [-0.4, -0.2) is 82.3 Å². The molecular weight excluding hydrogens is 372 g/mol. The summed E-state index contributed by atoms with van der Waals surface area (Å²) in [5.41, 5.74) is -0.513. The molecule has 1 aromatic heterocycles. The second kappa shape index (κ2) is 9.71. The molecule has 8 heteroatoms. The second-order valence-electron chi connectivity index (χ2n) is 8.82. The van der Waals surface area contributed by atoms with Gasteiger partial charge in [-0.1, -0.05) is 0 Å². The molecule has 3 heterocycles. The van der Waals surface area contributed by atoms with E-state index in [1.54, 1.807) is 17.0 Å². The summed E-state index contributed by atoms with van der Waals surface area (Å²) in [6.07, 6.45) is 6.42. The van der Waals surface area contributed by atoms with Crippen LogP contribution in [0.4, 0.5) is 0 Å². The SMILES string of the molecule is CC(C)(C)OC(=O)Cn1ccnc1CCC(=O)N1CCC(N2CCOCC2)CC1. The zero-order valence-electron chi connectivity index (χ0n) is 17.9. The molecule has 2 fully saturated rings.